The number of nitrogens with zero attached hydrogens (tertiary/aromatic N) is 1. The summed E-state index contributed by atoms with van der Waals surface area (Å²) in [5.74, 6) is -1.18. The third-order valence-corrected chi connectivity index (χ3v) is 1.68. The molecular formula is C9H9CaNO3. The van der Waals surface area contributed by atoms with Gasteiger partial charge in [-0.1, -0.05) is 35.5 Å². The van der Waals surface area contributed by atoms with E-state index >= 15 is 0 Å². The largest absolute Gasteiger partial charge is 0.480 e. The Morgan fingerprint density at radius 2 is 1.93 bits per heavy atom. The van der Waals surface area contributed by atoms with E-state index < -0.39 is 12.0 Å². The number of carboxylic acid groups (broad SMARTS) is 1. The van der Waals surface area contributed by atoms with Gasteiger partial charge in [-0.2, -0.15) is 0 Å². The van der Waals surface area contributed by atoms with Crippen molar-refractivity contribution in [3.05, 3.63) is 40.8 Å². The molecule has 1 aromatic rings. The Kier molecular flexibility index (Phi) is 6.70. The maximum atomic E-state index is 10.4. The van der Waals surface area contributed by atoms with E-state index in [0.717, 1.165) is 5.56 Å². The fraction of sp³-hybridized carbons (Fsp3) is 0.222. The summed E-state index contributed by atoms with van der Waals surface area (Å²) in [6, 6.07) is 7.76. The van der Waals surface area contributed by atoms with Gasteiger partial charge in [-0.15, -0.1) is 4.91 Å². The van der Waals surface area contributed by atoms with Crippen LogP contribution in [0, 0.1) is 4.91 Å². The second-order valence-electron chi connectivity index (χ2n) is 2.65. The summed E-state index contributed by atoms with van der Waals surface area (Å²) in [4.78, 5) is 20.6. The molecule has 0 aliphatic carbocycles. The summed E-state index contributed by atoms with van der Waals surface area (Å²) in [7, 11) is 0. The Balaban J connectivity index is 0.00000169. The molecule has 4 nitrogen and oxygen atoms in total. The van der Waals surface area contributed by atoms with Crippen molar-refractivity contribution < 1.29 is 9.90 Å². The predicted molar refractivity (Wildman–Crippen MR) is 53.1 cm³/mol. The molecule has 70 valence electrons. The number of benzene rings is 1. The molecule has 14 heavy (non-hydrogen) atoms. The Hall–Kier alpha value is -0.450. The maximum Gasteiger partial charge on any atom is 0.332 e. The molecular weight excluding hydrogens is 210 g/mol. The minimum atomic E-state index is -1.18. The number of carbonyl (C=O) groups is 1. The summed E-state index contributed by atoms with van der Waals surface area (Å²) in [5.41, 5.74) is 0.800. The molecule has 0 heterocycles. The summed E-state index contributed by atoms with van der Waals surface area (Å²) >= 11 is 0. The predicted octanol–water partition coefficient (Wildman–Crippen LogP) is 1.07. The number of rotatable bonds is 4. The first kappa shape index (κ1) is 13.5. The molecule has 0 saturated carbocycles. The van der Waals surface area contributed by atoms with Crippen molar-refractivity contribution in [3.8, 4) is 0 Å². The van der Waals surface area contributed by atoms with Crippen LogP contribution in [-0.4, -0.2) is 54.9 Å². The van der Waals surface area contributed by atoms with Crippen molar-refractivity contribution in [2.24, 2.45) is 5.18 Å². The zero-order valence-electron chi connectivity index (χ0n) is 7.59. The molecule has 0 amide bonds. The Morgan fingerprint density at radius 3 is 2.36 bits per heavy atom. The van der Waals surface area contributed by atoms with Gasteiger partial charge in [0.15, 0.2) is 6.04 Å². The maximum absolute atomic E-state index is 10.4. The Labute approximate surface area is 111 Å². The zero-order chi connectivity index (χ0) is 9.68. The summed E-state index contributed by atoms with van der Waals surface area (Å²) < 4.78 is 0. The van der Waals surface area contributed by atoms with Gasteiger partial charge in [0, 0.05) is 44.2 Å². The summed E-state index contributed by atoms with van der Waals surface area (Å²) in [6.07, 6.45) is 0.152. The van der Waals surface area contributed by atoms with Gasteiger partial charge >= 0.3 is 5.97 Å². The van der Waals surface area contributed by atoms with Gasteiger partial charge in [0.2, 0.25) is 0 Å². The van der Waals surface area contributed by atoms with Crippen LogP contribution in [-0.2, 0) is 11.2 Å². The number of nitroso groups, excluding NO2 is 1. The van der Waals surface area contributed by atoms with E-state index in [-0.39, 0.29) is 44.2 Å². The standard InChI is InChI=1S/C9H9NO3.Ca/c11-9(12)8(10-13)6-7-4-2-1-3-5-7;/h1-5,8H,6H2,(H,11,12);/t8-;/m0./s1. The normalized spacial score (nSPS) is 11.1. The second kappa shape index (κ2) is 6.92. The van der Waals surface area contributed by atoms with Crippen molar-refractivity contribution in [2.75, 3.05) is 0 Å². The molecule has 1 N–H and O–H groups in total. The van der Waals surface area contributed by atoms with Crippen LogP contribution in [0.5, 0.6) is 0 Å². The molecule has 0 saturated heterocycles. The molecule has 5 heteroatoms. The molecule has 0 spiro atoms. The van der Waals surface area contributed by atoms with Gasteiger partial charge in [-0.05, 0) is 5.56 Å². The van der Waals surface area contributed by atoms with Crippen LogP contribution >= 0.6 is 0 Å². The minimum Gasteiger partial charge on any atom is -0.480 e. The topological polar surface area (TPSA) is 66.7 Å². The summed E-state index contributed by atoms with van der Waals surface area (Å²) in [5, 5.41) is 11.1. The monoisotopic (exact) mass is 219 g/mol. The van der Waals surface area contributed by atoms with Crippen molar-refractivity contribution >= 4 is 43.7 Å². The minimum absolute atomic E-state index is 0. The van der Waals surface area contributed by atoms with E-state index in [4.69, 9.17) is 5.11 Å². The number of aliphatic carboxylic acids is 1. The number of hydrogen-bond acceptors (Lipinski definition) is 3. The van der Waals surface area contributed by atoms with Gasteiger partial charge in [-0.25, -0.2) is 4.79 Å². The van der Waals surface area contributed by atoms with Crippen LogP contribution in [0.1, 0.15) is 5.56 Å². The fourth-order valence-corrected chi connectivity index (χ4v) is 1.01. The Morgan fingerprint density at radius 1 is 1.36 bits per heavy atom. The van der Waals surface area contributed by atoms with Crippen LogP contribution in [0.2, 0.25) is 0 Å². The molecule has 0 aromatic heterocycles. The summed E-state index contributed by atoms with van der Waals surface area (Å²) in [6.45, 7) is 0. The van der Waals surface area contributed by atoms with Crippen molar-refractivity contribution in [1.29, 1.82) is 0 Å². The van der Waals surface area contributed by atoms with E-state index in [1.807, 2.05) is 6.07 Å². The first-order valence-electron chi connectivity index (χ1n) is 3.83. The first-order valence-corrected chi connectivity index (χ1v) is 3.83. The third kappa shape index (κ3) is 4.17. The van der Waals surface area contributed by atoms with Crippen molar-refractivity contribution in [2.45, 2.75) is 12.5 Å². The van der Waals surface area contributed by atoms with E-state index in [1.165, 1.54) is 0 Å². The van der Waals surface area contributed by atoms with Crippen molar-refractivity contribution in [3.63, 3.8) is 0 Å². The average Bonchev–Trinajstić information content (AvgIpc) is 2.15. The molecule has 2 radical (unpaired) electrons. The molecule has 0 aliphatic rings. The molecule has 0 unspecified atom stereocenters. The van der Waals surface area contributed by atoms with Crippen LogP contribution < -0.4 is 0 Å². The van der Waals surface area contributed by atoms with Gasteiger partial charge in [0.25, 0.3) is 0 Å². The number of carboxylic acids is 1. The molecule has 0 aliphatic heterocycles. The number of hydrogen-bond donors (Lipinski definition) is 1. The third-order valence-electron chi connectivity index (χ3n) is 1.68. The molecule has 0 fully saturated rings. The van der Waals surface area contributed by atoms with E-state index in [0.29, 0.717) is 0 Å². The Bertz CT molecular complexity index is 302. The van der Waals surface area contributed by atoms with Crippen LogP contribution in [0.25, 0.3) is 0 Å². The first-order chi connectivity index (χ1) is 6.24. The van der Waals surface area contributed by atoms with Gasteiger partial charge in [0.1, 0.15) is 0 Å². The molecule has 1 rings (SSSR count). The quantitative estimate of drug-likeness (QED) is 0.608. The molecule has 1 aromatic carbocycles. The molecule has 1 atom stereocenters. The van der Waals surface area contributed by atoms with E-state index in [1.54, 1.807) is 24.3 Å². The zero-order valence-corrected chi connectivity index (χ0v) is 9.80. The van der Waals surface area contributed by atoms with Crippen molar-refractivity contribution in [1.82, 2.24) is 0 Å². The average molecular weight is 219 g/mol. The van der Waals surface area contributed by atoms with Crippen LogP contribution in [0.4, 0.5) is 0 Å². The van der Waals surface area contributed by atoms with E-state index in [9.17, 15) is 9.70 Å². The van der Waals surface area contributed by atoms with Gasteiger partial charge < -0.3 is 5.11 Å². The fourth-order valence-electron chi connectivity index (χ4n) is 1.01. The van der Waals surface area contributed by atoms with Gasteiger partial charge in [0.05, 0.1) is 0 Å². The molecule has 0 bridgehead atoms. The van der Waals surface area contributed by atoms with E-state index in [2.05, 4.69) is 5.18 Å². The van der Waals surface area contributed by atoms with Crippen LogP contribution in [0.3, 0.4) is 0 Å². The SMILES string of the molecule is O=N[C@@H](Cc1ccccc1)C(=O)O.[Ca]. The van der Waals surface area contributed by atoms with Gasteiger partial charge in [-0.3, -0.25) is 0 Å². The second-order valence-corrected chi connectivity index (χ2v) is 2.65. The van der Waals surface area contributed by atoms with Crippen LogP contribution in [0.15, 0.2) is 35.5 Å². The smallest absolute Gasteiger partial charge is 0.332 e.